The van der Waals surface area contributed by atoms with Gasteiger partial charge in [-0.25, -0.2) is 14.3 Å². The normalized spacial score (nSPS) is 17.9. The minimum absolute atomic E-state index is 0.139. The van der Waals surface area contributed by atoms with Crippen molar-refractivity contribution in [1.82, 2.24) is 29.3 Å². The first-order valence-corrected chi connectivity index (χ1v) is 9.65. The van der Waals surface area contributed by atoms with Crippen LogP contribution in [0.25, 0.3) is 16.8 Å². The highest BCUT2D eigenvalue weighted by Gasteiger charge is 2.33. The molecule has 0 radical (unpaired) electrons. The molecular formula is C20H26N6O2. The van der Waals surface area contributed by atoms with E-state index in [2.05, 4.69) is 10.2 Å². The van der Waals surface area contributed by atoms with Gasteiger partial charge in [-0.15, -0.1) is 0 Å². The van der Waals surface area contributed by atoms with E-state index in [1.807, 2.05) is 55.7 Å². The third-order valence-electron chi connectivity index (χ3n) is 4.87. The molecule has 28 heavy (non-hydrogen) atoms. The van der Waals surface area contributed by atoms with Gasteiger partial charge in [0.05, 0.1) is 41.5 Å². The lowest BCUT2D eigenvalue weighted by Gasteiger charge is -2.36. The van der Waals surface area contributed by atoms with Gasteiger partial charge >= 0.3 is 6.09 Å². The van der Waals surface area contributed by atoms with Crippen LogP contribution in [0.15, 0.2) is 30.9 Å². The van der Waals surface area contributed by atoms with Crippen LogP contribution < -0.4 is 0 Å². The Hall–Kier alpha value is -2.90. The van der Waals surface area contributed by atoms with E-state index in [0.717, 1.165) is 41.7 Å². The number of fused-ring (bicyclic) bond motifs is 1. The predicted molar refractivity (Wildman–Crippen MR) is 105 cm³/mol. The average molecular weight is 382 g/mol. The Bertz CT molecular complexity index is 1000. The number of aromatic nitrogens is 5. The van der Waals surface area contributed by atoms with E-state index in [1.54, 1.807) is 17.1 Å². The van der Waals surface area contributed by atoms with Gasteiger partial charge < -0.3 is 4.74 Å². The Labute approximate surface area is 164 Å². The van der Waals surface area contributed by atoms with Gasteiger partial charge in [-0.1, -0.05) is 0 Å². The summed E-state index contributed by atoms with van der Waals surface area (Å²) in [5, 5.41) is 8.66. The number of rotatable bonds is 2. The summed E-state index contributed by atoms with van der Waals surface area (Å²) in [5.41, 5.74) is 2.93. The molecule has 1 atom stereocenters. The molecule has 8 nitrogen and oxygen atoms in total. The summed E-state index contributed by atoms with van der Waals surface area (Å²) in [4.78, 5) is 19.6. The van der Waals surface area contributed by atoms with E-state index in [9.17, 15) is 4.79 Å². The zero-order valence-electron chi connectivity index (χ0n) is 16.8. The molecule has 148 valence electrons. The molecule has 8 heteroatoms. The summed E-state index contributed by atoms with van der Waals surface area (Å²) in [7, 11) is 1.88. The van der Waals surface area contributed by atoms with Crippen LogP contribution >= 0.6 is 0 Å². The van der Waals surface area contributed by atoms with Crippen LogP contribution in [-0.2, 0) is 11.8 Å². The van der Waals surface area contributed by atoms with Crippen LogP contribution in [0.5, 0.6) is 0 Å². The lowest BCUT2D eigenvalue weighted by Crippen LogP contribution is -2.42. The highest BCUT2D eigenvalue weighted by Crippen LogP contribution is 2.34. The summed E-state index contributed by atoms with van der Waals surface area (Å²) in [6.07, 6.45) is 9.94. The molecule has 0 aliphatic carbocycles. The molecule has 1 fully saturated rings. The Kier molecular flexibility index (Phi) is 4.56. The summed E-state index contributed by atoms with van der Waals surface area (Å²) in [6.45, 7) is 6.33. The summed E-state index contributed by atoms with van der Waals surface area (Å²) >= 11 is 0. The van der Waals surface area contributed by atoms with Crippen molar-refractivity contribution in [3.8, 4) is 11.3 Å². The molecule has 3 aromatic heterocycles. The van der Waals surface area contributed by atoms with Gasteiger partial charge in [0.2, 0.25) is 0 Å². The van der Waals surface area contributed by atoms with E-state index in [-0.39, 0.29) is 12.1 Å². The van der Waals surface area contributed by atoms with Gasteiger partial charge in [-0.3, -0.25) is 9.58 Å². The number of amides is 1. The quantitative estimate of drug-likeness (QED) is 0.677. The fraction of sp³-hybridized carbons (Fsp3) is 0.500. The Morgan fingerprint density at radius 3 is 2.75 bits per heavy atom. The Morgan fingerprint density at radius 1 is 1.21 bits per heavy atom. The number of likely N-dealkylation sites (tertiary alicyclic amines) is 1. The first-order chi connectivity index (χ1) is 13.3. The van der Waals surface area contributed by atoms with Crippen molar-refractivity contribution >= 4 is 11.6 Å². The van der Waals surface area contributed by atoms with Crippen LogP contribution in [0.1, 0.15) is 51.8 Å². The van der Waals surface area contributed by atoms with Gasteiger partial charge in [0.1, 0.15) is 5.60 Å². The molecule has 0 bridgehead atoms. The van der Waals surface area contributed by atoms with Crippen molar-refractivity contribution in [2.24, 2.45) is 7.05 Å². The maximum atomic E-state index is 12.9. The van der Waals surface area contributed by atoms with Crippen molar-refractivity contribution in [3.05, 3.63) is 36.5 Å². The van der Waals surface area contributed by atoms with Crippen molar-refractivity contribution in [2.45, 2.75) is 51.7 Å². The van der Waals surface area contributed by atoms with Crippen molar-refractivity contribution in [3.63, 3.8) is 0 Å². The highest BCUT2D eigenvalue weighted by molar-refractivity contribution is 5.70. The summed E-state index contributed by atoms with van der Waals surface area (Å²) < 4.78 is 9.24. The first-order valence-electron chi connectivity index (χ1n) is 9.65. The van der Waals surface area contributed by atoms with E-state index in [4.69, 9.17) is 9.72 Å². The lowest BCUT2D eigenvalue weighted by molar-refractivity contribution is 0.00916. The van der Waals surface area contributed by atoms with E-state index < -0.39 is 5.60 Å². The number of piperidine rings is 1. The van der Waals surface area contributed by atoms with Crippen LogP contribution in [0, 0.1) is 0 Å². The topological polar surface area (TPSA) is 77.5 Å². The second-order valence-corrected chi connectivity index (χ2v) is 8.26. The largest absolute Gasteiger partial charge is 0.444 e. The molecule has 4 rings (SSSR count). The third kappa shape index (κ3) is 3.58. The average Bonchev–Trinajstić information content (AvgIpc) is 3.28. The Morgan fingerprint density at radius 2 is 2.04 bits per heavy atom. The molecule has 1 aliphatic rings. The highest BCUT2D eigenvalue weighted by atomic mass is 16.6. The predicted octanol–water partition coefficient (Wildman–Crippen LogP) is 3.59. The second-order valence-electron chi connectivity index (χ2n) is 8.26. The molecule has 0 aromatic carbocycles. The monoisotopic (exact) mass is 382 g/mol. The summed E-state index contributed by atoms with van der Waals surface area (Å²) in [6, 6.07) is 1.80. The number of ether oxygens (including phenoxy) is 1. The zero-order valence-corrected chi connectivity index (χ0v) is 16.8. The number of carbonyl (C=O) groups is 1. The molecule has 1 unspecified atom stereocenters. The lowest BCUT2D eigenvalue weighted by atomic mass is 9.98. The molecule has 4 heterocycles. The SMILES string of the molecule is Cn1cc(-c2cn3nccc3c(C3CCCCN3C(=O)OC(C)(C)C)n2)cn1. The van der Waals surface area contributed by atoms with Crippen molar-refractivity contribution < 1.29 is 9.53 Å². The first kappa shape index (κ1) is 18.5. The van der Waals surface area contributed by atoms with Crippen LogP contribution in [0.2, 0.25) is 0 Å². The Balaban J connectivity index is 1.77. The van der Waals surface area contributed by atoms with Crippen LogP contribution in [-0.4, -0.2) is 47.5 Å². The van der Waals surface area contributed by atoms with Crippen LogP contribution in [0.4, 0.5) is 4.79 Å². The fourth-order valence-corrected chi connectivity index (χ4v) is 3.64. The summed E-state index contributed by atoms with van der Waals surface area (Å²) in [5.74, 6) is 0. The minimum Gasteiger partial charge on any atom is -0.444 e. The zero-order chi connectivity index (χ0) is 19.9. The standard InChI is InChI=1S/C20H26N6O2/c1-20(2,3)28-19(27)25-10-6-5-7-16(25)18-17-8-9-21-26(17)13-15(23-18)14-11-22-24(4)12-14/h8-9,11-13,16H,5-7,10H2,1-4H3. The van der Waals surface area contributed by atoms with E-state index in [1.165, 1.54) is 0 Å². The van der Waals surface area contributed by atoms with E-state index >= 15 is 0 Å². The number of hydrogen-bond acceptors (Lipinski definition) is 5. The maximum absolute atomic E-state index is 12.9. The number of aryl methyl sites for hydroxylation is 1. The number of carbonyl (C=O) groups excluding carboxylic acids is 1. The number of nitrogens with zero attached hydrogens (tertiary/aromatic N) is 6. The minimum atomic E-state index is -0.532. The van der Waals surface area contributed by atoms with Crippen molar-refractivity contribution in [2.75, 3.05) is 6.54 Å². The van der Waals surface area contributed by atoms with Gasteiger partial charge in [-0.2, -0.15) is 10.2 Å². The second kappa shape index (κ2) is 6.92. The van der Waals surface area contributed by atoms with Gasteiger partial charge in [-0.05, 0) is 46.1 Å². The molecule has 3 aromatic rings. The molecule has 1 saturated heterocycles. The third-order valence-corrected chi connectivity index (χ3v) is 4.87. The van der Waals surface area contributed by atoms with Gasteiger partial charge in [0, 0.05) is 25.4 Å². The van der Waals surface area contributed by atoms with Crippen molar-refractivity contribution in [1.29, 1.82) is 0 Å². The van der Waals surface area contributed by atoms with Gasteiger partial charge in [0.25, 0.3) is 0 Å². The maximum Gasteiger partial charge on any atom is 0.410 e. The molecule has 1 amide bonds. The van der Waals surface area contributed by atoms with Gasteiger partial charge in [0.15, 0.2) is 0 Å². The molecule has 0 spiro atoms. The molecule has 0 saturated carbocycles. The molecule has 0 N–H and O–H groups in total. The van der Waals surface area contributed by atoms with E-state index in [0.29, 0.717) is 6.54 Å². The smallest absolute Gasteiger partial charge is 0.410 e. The number of hydrogen-bond donors (Lipinski definition) is 0. The fourth-order valence-electron chi connectivity index (χ4n) is 3.64. The van der Waals surface area contributed by atoms with Crippen LogP contribution in [0.3, 0.4) is 0 Å². The molecular weight excluding hydrogens is 356 g/mol. The molecule has 1 aliphatic heterocycles.